The van der Waals surface area contributed by atoms with E-state index in [9.17, 15) is 0 Å². The molecule has 0 saturated carbocycles. The highest BCUT2D eigenvalue weighted by Crippen LogP contribution is 2.47. The standard InChI is InChI=1S/C42H35B2N/c1-24-19-21-33-38-35(24)41(3,4)28-15-9-11-17-30(28)43(38)32-23-26-13-7-8-14-27(26)37-40(32)45(33)34-22-20-25(2)36-39(34)44(37)31-18-12-10-16-29(31)42(36,5)6/h7-23H,1-6H3. The van der Waals surface area contributed by atoms with E-state index in [0.717, 1.165) is 0 Å². The molecule has 4 heterocycles. The smallest absolute Gasteiger partial charge is 0.248 e. The van der Waals surface area contributed by atoms with Crippen LogP contribution in [-0.4, -0.2) is 13.4 Å². The molecule has 1 nitrogen and oxygen atoms in total. The van der Waals surface area contributed by atoms with E-state index in [0.29, 0.717) is 0 Å². The van der Waals surface area contributed by atoms with Crippen molar-refractivity contribution < 1.29 is 0 Å². The van der Waals surface area contributed by atoms with Crippen molar-refractivity contribution in [1.29, 1.82) is 0 Å². The molecule has 3 heteroatoms. The zero-order chi connectivity index (χ0) is 30.6. The summed E-state index contributed by atoms with van der Waals surface area (Å²) >= 11 is 0. The van der Waals surface area contributed by atoms with Crippen LogP contribution in [0.2, 0.25) is 0 Å². The predicted octanol–water partition coefficient (Wildman–Crippen LogP) is 5.86. The summed E-state index contributed by atoms with van der Waals surface area (Å²) in [6.07, 6.45) is 0. The second-order valence-electron chi connectivity index (χ2n) is 15.0. The molecule has 214 valence electrons. The van der Waals surface area contributed by atoms with Crippen LogP contribution in [0.3, 0.4) is 0 Å². The largest absolute Gasteiger partial charge is 0.312 e. The van der Waals surface area contributed by atoms with Crippen LogP contribution in [0, 0.1) is 13.8 Å². The quantitative estimate of drug-likeness (QED) is 0.205. The van der Waals surface area contributed by atoms with Crippen molar-refractivity contribution in [3.8, 4) is 0 Å². The Bertz CT molecular complexity index is 2320. The number of hydrogen-bond acceptors (Lipinski definition) is 1. The highest BCUT2D eigenvalue weighted by atomic mass is 15.2. The summed E-state index contributed by atoms with van der Waals surface area (Å²) in [7, 11) is 0. The van der Waals surface area contributed by atoms with Gasteiger partial charge in [-0.15, -0.1) is 0 Å². The van der Waals surface area contributed by atoms with Gasteiger partial charge in [-0.2, -0.15) is 0 Å². The SMILES string of the molecule is Cc1ccc2c3c1C(C)(C)c1ccccc1B3c1cc3ccccc3c3c1N2c1ccc(C)c2c1B3c1ccccc1C2(C)C. The van der Waals surface area contributed by atoms with Crippen LogP contribution in [-0.2, 0) is 10.8 Å². The Morgan fingerprint density at radius 2 is 1.02 bits per heavy atom. The molecule has 0 aliphatic carbocycles. The molecule has 0 unspecified atom stereocenters. The number of hydrogen-bond donors (Lipinski definition) is 0. The number of anilines is 3. The van der Waals surface area contributed by atoms with Gasteiger partial charge in [0.1, 0.15) is 0 Å². The highest BCUT2D eigenvalue weighted by Gasteiger charge is 2.52. The predicted molar refractivity (Wildman–Crippen MR) is 195 cm³/mol. The molecule has 0 amide bonds. The zero-order valence-electron chi connectivity index (χ0n) is 26.9. The molecule has 45 heavy (non-hydrogen) atoms. The number of fused-ring (bicyclic) bond motifs is 10. The summed E-state index contributed by atoms with van der Waals surface area (Å²) in [6, 6.07) is 39.9. The van der Waals surface area contributed by atoms with Crippen LogP contribution in [0.15, 0.2) is 103 Å². The van der Waals surface area contributed by atoms with Crippen molar-refractivity contribution in [1.82, 2.24) is 0 Å². The minimum absolute atomic E-state index is 0.0916. The van der Waals surface area contributed by atoms with E-state index in [-0.39, 0.29) is 24.3 Å². The lowest BCUT2D eigenvalue weighted by Crippen LogP contribution is -2.70. The van der Waals surface area contributed by atoms with Crippen LogP contribution in [0.5, 0.6) is 0 Å². The maximum absolute atomic E-state index is 2.69. The fourth-order valence-corrected chi connectivity index (χ4v) is 10.4. The topological polar surface area (TPSA) is 3.24 Å². The summed E-state index contributed by atoms with van der Waals surface area (Å²) in [5, 5.41) is 2.71. The number of benzene rings is 6. The molecule has 4 aliphatic rings. The first-order valence-corrected chi connectivity index (χ1v) is 16.5. The molecule has 6 aromatic carbocycles. The summed E-state index contributed by atoms with van der Waals surface area (Å²) in [5.41, 5.74) is 21.4. The second kappa shape index (κ2) is 8.20. The molecular weight excluding hydrogens is 540 g/mol. The lowest BCUT2D eigenvalue weighted by molar-refractivity contribution is 0.640. The van der Waals surface area contributed by atoms with Crippen LogP contribution < -0.4 is 37.7 Å². The molecule has 0 radical (unpaired) electrons. The van der Waals surface area contributed by atoms with Gasteiger partial charge in [0.2, 0.25) is 13.4 Å². The van der Waals surface area contributed by atoms with Crippen LogP contribution in [0.4, 0.5) is 17.1 Å². The highest BCUT2D eigenvalue weighted by molar-refractivity contribution is 7.04. The Kier molecular flexibility index (Phi) is 4.70. The van der Waals surface area contributed by atoms with Gasteiger partial charge in [0.05, 0.1) is 0 Å². The van der Waals surface area contributed by atoms with Gasteiger partial charge < -0.3 is 4.90 Å². The van der Waals surface area contributed by atoms with Crippen LogP contribution in [0.25, 0.3) is 10.8 Å². The molecular formula is C42H35B2N. The van der Waals surface area contributed by atoms with E-state index in [1.807, 2.05) is 0 Å². The number of rotatable bonds is 0. The molecule has 0 atom stereocenters. The van der Waals surface area contributed by atoms with Gasteiger partial charge in [-0.3, -0.25) is 0 Å². The van der Waals surface area contributed by atoms with E-state index in [1.165, 1.54) is 94.0 Å². The molecule has 0 aromatic heterocycles. The van der Waals surface area contributed by atoms with E-state index in [2.05, 4.69) is 150 Å². The van der Waals surface area contributed by atoms with Crippen molar-refractivity contribution in [3.05, 3.63) is 137 Å². The fraction of sp³-hybridized carbons (Fsp3) is 0.190. The van der Waals surface area contributed by atoms with E-state index in [4.69, 9.17) is 0 Å². The molecule has 0 bridgehead atoms. The first kappa shape index (κ1) is 25.8. The molecule has 0 saturated heterocycles. The van der Waals surface area contributed by atoms with E-state index < -0.39 is 0 Å². The summed E-state index contributed by atoms with van der Waals surface area (Å²) in [4.78, 5) is 2.69. The maximum Gasteiger partial charge on any atom is 0.248 e. The normalized spacial score (nSPS) is 16.9. The van der Waals surface area contributed by atoms with E-state index >= 15 is 0 Å². The minimum Gasteiger partial charge on any atom is -0.312 e. The Balaban J connectivity index is 1.45. The molecule has 10 rings (SSSR count). The van der Waals surface area contributed by atoms with Gasteiger partial charge in [-0.25, -0.2) is 0 Å². The second-order valence-corrected chi connectivity index (χ2v) is 15.0. The number of aryl methyl sites for hydroxylation is 2. The minimum atomic E-state index is -0.0978. The zero-order valence-corrected chi connectivity index (χ0v) is 26.9. The fourth-order valence-electron chi connectivity index (χ4n) is 10.4. The van der Waals surface area contributed by atoms with Gasteiger partial charge in [0, 0.05) is 27.9 Å². The summed E-state index contributed by atoms with van der Waals surface area (Å²) in [6.45, 7) is 14.8. The lowest BCUT2D eigenvalue weighted by atomic mass is 9.26. The van der Waals surface area contributed by atoms with Crippen LogP contribution >= 0.6 is 0 Å². The lowest BCUT2D eigenvalue weighted by Gasteiger charge is -2.51. The van der Waals surface area contributed by atoms with E-state index in [1.54, 1.807) is 0 Å². The molecule has 6 aromatic rings. The van der Waals surface area contributed by atoms with Crippen molar-refractivity contribution in [2.45, 2.75) is 52.4 Å². The number of nitrogens with zero attached hydrogens (tertiary/aromatic N) is 1. The van der Waals surface area contributed by atoms with Gasteiger partial charge in [-0.05, 0) is 92.0 Å². The Morgan fingerprint density at radius 3 is 1.64 bits per heavy atom. The summed E-state index contributed by atoms with van der Waals surface area (Å²) in [5.74, 6) is 0. The monoisotopic (exact) mass is 575 g/mol. The first-order valence-electron chi connectivity index (χ1n) is 16.5. The molecule has 4 aliphatic heterocycles. The molecule has 0 spiro atoms. The summed E-state index contributed by atoms with van der Waals surface area (Å²) < 4.78 is 0. The van der Waals surface area contributed by atoms with Crippen molar-refractivity contribution in [3.63, 3.8) is 0 Å². The van der Waals surface area contributed by atoms with Gasteiger partial charge >= 0.3 is 0 Å². The average Bonchev–Trinajstić information content (AvgIpc) is 3.03. The third kappa shape index (κ3) is 2.90. The van der Waals surface area contributed by atoms with Gasteiger partial charge in [-0.1, -0.05) is 130 Å². The molecule has 0 N–H and O–H groups in total. The third-order valence-electron chi connectivity index (χ3n) is 12.0. The Morgan fingerprint density at radius 1 is 0.511 bits per heavy atom. The van der Waals surface area contributed by atoms with Crippen LogP contribution in [0.1, 0.15) is 61.1 Å². The maximum atomic E-state index is 2.69. The van der Waals surface area contributed by atoms with Crippen molar-refractivity contribution >= 4 is 74.0 Å². The van der Waals surface area contributed by atoms with Crippen molar-refractivity contribution in [2.24, 2.45) is 0 Å². The van der Waals surface area contributed by atoms with Crippen molar-refractivity contribution in [2.75, 3.05) is 4.90 Å². The Labute approximate surface area is 267 Å². The van der Waals surface area contributed by atoms with Gasteiger partial charge in [0.25, 0.3) is 0 Å². The van der Waals surface area contributed by atoms with Gasteiger partial charge in [0.15, 0.2) is 0 Å². The average molecular weight is 575 g/mol. The molecule has 0 fully saturated rings. The first-order chi connectivity index (χ1) is 21.7. The Hall–Kier alpha value is -4.49. The third-order valence-corrected chi connectivity index (χ3v) is 12.0.